The summed E-state index contributed by atoms with van der Waals surface area (Å²) >= 11 is 0. The van der Waals surface area contributed by atoms with Crippen molar-refractivity contribution in [2.24, 2.45) is 5.73 Å². The highest BCUT2D eigenvalue weighted by atomic mass is 16.5. The maximum absolute atomic E-state index is 11.7. The minimum absolute atomic E-state index is 0.0104. The molecule has 0 aromatic carbocycles. The maximum atomic E-state index is 11.7. The summed E-state index contributed by atoms with van der Waals surface area (Å²) in [7, 11) is 0. The molecule has 0 saturated carbocycles. The van der Waals surface area contributed by atoms with Crippen LogP contribution in [0.15, 0.2) is 0 Å². The third-order valence-electron chi connectivity index (χ3n) is 3.84. The molecular formula is C12H22N2O3. The Labute approximate surface area is 102 Å². The van der Waals surface area contributed by atoms with Crippen LogP contribution in [0.4, 0.5) is 0 Å². The van der Waals surface area contributed by atoms with Crippen LogP contribution in [0, 0.1) is 0 Å². The van der Waals surface area contributed by atoms with Crippen LogP contribution in [0.1, 0.15) is 32.6 Å². The number of piperidine rings is 1. The average molecular weight is 242 g/mol. The Balaban J connectivity index is 1.91. The molecule has 5 heteroatoms. The first-order chi connectivity index (χ1) is 8.02. The second-order valence-corrected chi connectivity index (χ2v) is 5.29. The Morgan fingerprint density at radius 2 is 2.18 bits per heavy atom. The largest absolute Gasteiger partial charge is 0.393 e. The minimum atomic E-state index is -0.429. The lowest BCUT2D eigenvalue weighted by atomic mass is 9.83. The highest BCUT2D eigenvalue weighted by Crippen LogP contribution is 2.35. The standard InChI is InChI=1S/C12H22N2O3/c1-9(13)11(16)14-5-3-12(4-6-14)8-10(15)2-7-17-12/h9-10,15H,2-8,13H2,1H3/t9-,10+/m1/s1. The second kappa shape index (κ2) is 4.92. The number of rotatable bonds is 1. The molecule has 0 radical (unpaired) electrons. The lowest BCUT2D eigenvalue weighted by Gasteiger charge is -2.45. The van der Waals surface area contributed by atoms with Gasteiger partial charge in [0, 0.05) is 26.1 Å². The second-order valence-electron chi connectivity index (χ2n) is 5.29. The van der Waals surface area contributed by atoms with Gasteiger partial charge < -0.3 is 20.5 Å². The summed E-state index contributed by atoms with van der Waals surface area (Å²) in [5.74, 6) is 0.0104. The van der Waals surface area contributed by atoms with Crippen LogP contribution in [-0.4, -0.2) is 53.4 Å². The zero-order valence-electron chi connectivity index (χ0n) is 10.4. The van der Waals surface area contributed by atoms with E-state index in [0.717, 1.165) is 19.3 Å². The van der Waals surface area contributed by atoms with Gasteiger partial charge in [0.15, 0.2) is 0 Å². The SMILES string of the molecule is C[C@@H](N)C(=O)N1CCC2(CC1)C[C@@H](O)CCO2. The lowest BCUT2D eigenvalue weighted by Crippen LogP contribution is -2.54. The summed E-state index contributed by atoms with van der Waals surface area (Å²) in [5.41, 5.74) is 5.39. The van der Waals surface area contributed by atoms with Crippen molar-refractivity contribution in [2.75, 3.05) is 19.7 Å². The van der Waals surface area contributed by atoms with E-state index in [9.17, 15) is 9.90 Å². The molecule has 2 saturated heterocycles. The molecule has 0 bridgehead atoms. The smallest absolute Gasteiger partial charge is 0.239 e. The number of hydrogen-bond acceptors (Lipinski definition) is 4. The highest BCUT2D eigenvalue weighted by molar-refractivity contribution is 5.81. The Bertz CT molecular complexity index is 285. The molecule has 2 atom stereocenters. The van der Waals surface area contributed by atoms with Gasteiger partial charge in [0.25, 0.3) is 0 Å². The predicted octanol–water partition coefficient (Wildman–Crippen LogP) is -0.134. The monoisotopic (exact) mass is 242 g/mol. The number of likely N-dealkylation sites (tertiary alicyclic amines) is 1. The molecule has 3 N–H and O–H groups in total. The summed E-state index contributed by atoms with van der Waals surface area (Å²) in [6.07, 6.45) is 2.79. The molecule has 2 aliphatic heterocycles. The molecule has 5 nitrogen and oxygen atoms in total. The molecule has 0 aromatic rings. The summed E-state index contributed by atoms with van der Waals surface area (Å²) in [4.78, 5) is 13.5. The van der Waals surface area contributed by atoms with Crippen LogP contribution in [0.25, 0.3) is 0 Å². The topological polar surface area (TPSA) is 75.8 Å². The molecule has 1 amide bonds. The number of amides is 1. The van der Waals surface area contributed by atoms with Gasteiger partial charge in [-0.15, -0.1) is 0 Å². The van der Waals surface area contributed by atoms with Crippen molar-refractivity contribution in [1.82, 2.24) is 4.90 Å². The predicted molar refractivity (Wildman–Crippen MR) is 63.4 cm³/mol. The number of ether oxygens (including phenoxy) is 1. The molecule has 0 aliphatic carbocycles. The molecule has 98 valence electrons. The van der Waals surface area contributed by atoms with Crippen molar-refractivity contribution in [3.63, 3.8) is 0 Å². The van der Waals surface area contributed by atoms with Crippen LogP contribution in [-0.2, 0) is 9.53 Å². The van der Waals surface area contributed by atoms with E-state index in [0.29, 0.717) is 26.1 Å². The van der Waals surface area contributed by atoms with Crippen molar-refractivity contribution < 1.29 is 14.6 Å². The van der Waals surface area contributed by atoms with Crippen LogP contribution >= 0.6 is 0 Å². The lowest BCUT2D eigenvalue weighted by molar-refractivity contribution is -0.154. The molecular weight excluding hydrogens is 220 g/mol. The molecule has 17 heavy (non-hydrogen) atoms. The minimum Gasteiger partial charge on any atom is -0.393 e. The van der Waals surface area contributed by atoms with Crippen molar-refractivity contribution >= 4 is 5.91 Å². The van der Waals surface area contributed by atoms with Gasteiger partial charge in [0.05, 0.1) is 17.7 Å². The molecule has 2 rings (SSSR count). The van der Waals surface area contributed by atoms with Gasteiger partial charge >= 0.3 is 0 Å². The van der Waals surface area contributed by atoms with E-state index in [2.05, 4.69) is 0 Å². The van der Waals surface area contributed by atoms with E-state index in [4.69, 9.17) is 10.5 Å². The van der Waals surface area contributed by atoms with Gasteiger partial charge in [0.1, 0.15) is 0 Å². The number of carbonyl (C=O) groups is 1. The summed E-state index contributed by atoms with van der Waals surface area (Å²) < 4.78 is 5.84. The zero-order valence-corrected chi connectivity index (χ0v) is 10.4. The van der Waals surface area contributed by atoms with E-state index >= 15 is 0 Å². The molecule has 0 unspecified atom stereocenters. The fraction of sp³-hybridized carbons (Fsp3) is 0.917. The van der Waals surface area contributed by atoms with Crippen LogP contribution in [0.5, 0.6) is 0 Å². The molecule has 2 heterocycles. The number of aliphatic hydroxyl groups excluding tert-OH is 1. The summed E-state index contributed by atoms with van der Waals surface area (Å²) in [6, 6.07) is -0.429. The number of aliphatic hydroxyl groups is 1. The number of nitrogens with zero attached hydrogens (tertiary/aromatic N) is 1. The van der Waals surface area contributed by atoms with Gasteiger partial charge in [-0.25, -0.2) is 0 Å². The third-order valence-corrected chi connectivity index (χ3v) is 3.84. The zero-order chi connectivity index (χ0) is 12.5. The summed E-state index contributed by atoms with van der Waals surface area (Å²) in [5, 5.41) is 9.71. The van der Waals surface area contributed by atoms with Crippen molar-refractivity contribution in [1.29, 1.82) is 0 Å². The quantitative estimate of drug-likeness (QED) is 0.671. The Kier molecular flexibility index (Phi) is 3.70. The van der Waals surface area contributed by atoms with Crippen molar-refractivity contribution in [3.8, 4) is 0 Å². The molecule has 2 fully saturated rings. The van der Waals surface area contributed by atoms with Gasteiger partial charge in [-0.3, -0.25) is 4.79 Å². The van der Waals surface area contributed by atoms with E-state index in [-0.39, 0.29) is 17.6 Å². The van der Waals surface area contributed by atoms with Gasteiger partial charge in [-0.2, -0.15) is 0 Å². The molecule has 1 spiro atoms. The fourth-order valence-electron chi connectivity index (χ4n) is 2.77. The Morgan fingerprint density at radius 3 is 2.71 bits per heavy atom. The highest BCUT2D eigenvalue weighted by Gasteiger charge is 2.40. The number of carbonyl (C=O) groups excluding carboxylic acids is 1. The van der Waals surface area contributed by atoms with E-state index in [1.54, 1.807) is 11.8 Å². The average Bonchev–Trinajstić information content (AvgIpc) is 2.29. The fourth-order valence-corrected chi connectivity index (χ4v) is 2.77. The van der Waals surface area contributed by atoms with Gasteiger partial charge in [-0.1, -0.05) is 0 Å². The van der Waals surface area contributed by atoms with E-state index in [1.165, 1.54) is 0 Å². The van der Waals surface area contributed by atoms with Crippen LogP contribution in [0.2, 0.25) is 0 Å². The van der Waals surface area contributed by atoms with Gasteiger partial charge in [-0.05, 0) is 26.2 Å². The van der Waals surface area contributed by atoms with Crippen LogP contribution < -0.4 is 5.73 Å². The third kappa shape index (κ3) is 2.78. The molecule has 0 aromatic heterocycles. The summed E-state index contributed by atoms with van der Waals surface area (Å²) in [6.45, 7) is 3.72. The Hall–Kier alpha value is -0.650. The van der Waals surface area contributed by atoms with Crippen molar-refractivity contribution in [3.05, 3.63) is 0 Å². The van der Waals surface area contributed by atoms with Gasteiger partial charge in [0.2, 0.25) is 5.91 Å². The first kappa shape index (κ1) is 12.8. The van der Waals surface area contributed by atoms with E-state index in [1.807, 2.05) is 0 Å². The van der Waals surface area contributed by atoms with E-state index < -0.39 is 6.04 Å². The van der Waals surface area contributed by atoms with Crippen LogP contribution in [0.3, 0.4) is 0 Å². The normalized spacial score (nSPS) is 30.3. The maximum Gasteiger partial charge on any atom is 0.239 e. The number of hydrogen-bond donors (Lipinski definition) is 2. The Morgan fingerprint density at radius 1 is 1.53 bits per heavy atom. The van der Waals surface area contributed by atoms with Crippen molar-refractivity contribution in [2.45, 2.75) is 50.4 Å². The number of nitrogens with two attached hydrogens (primary N) is 1. The first-order valence-corrected chi connectivity index (χ1v) is 6.39. The first-order valence-electron chi connectivity index (χ1n) is 6.39. The molecule has 2 aliphatic rings.